The van der Waals surface area contributed by atoms with Gasteiger partial charge in [-0.2, -0.15) is 0 Å². The average molecular weight is 320 g/mol. The van der Waals surface area contributed by atoms with Crippen molar-refractivity contribution >= 4 is 8.32 Å². The SMILES string of the molecule is C[C@@H](c1ccccc1)N1CCCC1CO[Si](C)(C)C(C)(C)C. The van der Waals surface area contributed by atoms with Crippen LogP contribution in [0, 0.1) is 0 Å². The topological polar surface area (TPSA) is 12.5 Å². The second-order valence-corrected chi connectivity index (χ2v) is 13.0. The van der Waals surface area contributed by atoms with Gasteiger partial charge in [0.15, 0.2) is 8.32 Å². The maximum absolute atomic E-state index is 6.49. The fourth-order valence-electron chi connectivity index (χ4n) is 2.99. The van der Waals surface area contributed by atoms with Crippen molar-refractivity contribution in [2.75, 3.05) is 13.2 Å². The Hall–Kier alpha value is -0.643. The van der Waals surface area contributed by atoms with E-state index in [-0.39, 0.29) is 0 Å². The molecule has 1 unspecified atom stereocenters. The lowest BCUT2D eigenvalue weighted by atomic mass is 10.1. The van der Waals surface area contributed by atoms with E-state index in [9.17, 15) is 0 Å². The molecule has 1 aliphatic rings. The van der Waals surface area contributed by atoms with E-state index in [1.54, 1.807) is 0 Å². The molecule has 124 valence electrons. The van der Waals surface area contributed by atoms with E-state index >= 15 is 0 Å². The second-order valence-electron chi connectivity index (χ2n) is 8.19. The molecule has 1 aromatic rings. The first kappa shape index (κ1) is 17.7. The van der Waals surface area contributed by atoms with Gasteiger partial charge < -0.3 is 4.43 Å². The van der Waals surface area contributed by atoms with Gasteiger partial charge in [0.05, 0.1) is 0 Å². The summed E-state index contributed by atoms with van der Waals surface area (Å²) >= 11 is 0. The van der Waals surface area contributed by atoms with Gasteiger partial charge in [-0.3, -0.25) is 4.90 Å². The summed E-state index contributed by atoms with van der Waals surface area (Å²) in [4.78, 5) is 2.64. The maximum Gasteiger partial charge on any atom is 0.192 e. The minimum Gasteiger partial charge on any atom is -0.415 e. The van der Waals surface area contributed by atoms with Gasteiger partial charge in [-0.05, 0) is 50.0 Å². The molecule has 0 saturated carbocycles. The second kappa shape index (κ2) is 6.86. The molecule has 0 aliphatic carbocycles. The molecular weight excluding hydrogens is 286 g/mol. The fraction of sp³-hybridized carbons (Fsp3) is 0.684. The third kappa shape index (κ3) is 4.00. The summed E-state index contributed by atoms with van der Waals surface area (Å²) in [5, 5.41) is 0.293. The highest BCUT2D eigenvalue weighted by atomic mass is 28.4. The molecular formula is C19H33NOSi. The molecule has 0 amide bonds. The lowest BCUT2D eigenvalue weighted by Crippen LogP contribution is -2.45. The Labute approximate surface area is 138 Å². The van der Waals surface area contributed by atoms with Crippen molar-refractivity contribution in [2.24, 2.45) is 0 Å². The van der Waals surface area contributed by atoms with Crippen LogP contribution in [-0.4, -0.2) is 32.4 Å². The van der Waals surface area contributed by atoms with E-state index in [2.05, 4.69) is 76.0 Å². The normalized spacial score (nSPS) is 22.0. The van der Waals surface area contributed by atoms with Gasteiger partial charge in [-0.25, -0.2) is 0 Å². The summed E-state index contributed by atoms with van der Waals surface area (Å²) in [5.41, 5.74) is 1.42. The van der Waals surface area contributed by atoms with E-state index in [4.69, 9.17) is 4.43 Å². The van der Waals surface area contributed by atoms with Gasteiger partial charge in [0.25, 0.3) is 0 Å². The first-order chi connectivity index (χ1) is 10.2. The summed E-state index contributed by atoms with van der Waals surface area (Å²) in [6.07, 6.45) is 2.56. The number of likely N-dealkylation sites (tertiary alicyclic amines) is 1. The quantitative estimate of drug-likeness (QED) is 0.689. The van der Waals surface area contributed by atoms with Gasteiger partial charge >= 0.3 is 0 Å². The lowest BCUT2D eigenvalue weighted by molar-refractivity contribution is 0.129. The Balaban J connectivity index is 1.99. The minimum atomic E-state index is -1.64. The predicted octanol–water partition coefficient (Wildman–Crippen LogP) is 5.23. The van der Waals surface area contributed by atoms with Gasteiger partial charge in [0.2, 0.25) is 0 Å². The van der Waals surface area contributed by atoms with Crippen molar-refractivity contribution in [3.8, 4) is 0 Å². The fourth-order valence-corrected chi connectivity index (χ4v) is 4.03. The summed E-state index contributed by atoms with van der Waals surface area (Å²) in [5.74, 6) is 0. The van der Waals surface area contributed by atoms with Crippen molar-refractivity contribution < 1.29 is 4.43 Å². The number of hydrogen-bond donors (Lipinski definition) is 0. The predicted molar refractivity (Wildman–Crippen MR) is 97.7 cm³/mol. The zero-order chi connectivity index (χ0) is 16.4. The number of rotatable bonds is 5. The zero-order valence-electron chi connectivity index (χ0n) is 15.2. The third-order valence-corrected chi connectivity index (χ3v) is 10.1. The summed E-state index contributed by atoms with van der Waals surface area (Å²) in [7, 11) is -1.64. The van der Waals surface area contributed by atoms with Crippen molar-refractivity contribution in [3.63, 3.8) is 0 Å². The molecule has 2 atom stereocenters. The maximum atomic E-state index is 6.49. The highest BCUT2D eigenvalue weighted by Crippen LogP contribution is 2.37. The van der Waals surface area contributed by atoms with Gasteiger partial charge in [0, 0.05) is 18.7 Å². The van der Waals surface area contributed by atoms with Gasteiger partial charge in [-0.15, -0.1) is 0 Å². The van der Waals surface area contributed by atoms with Crippen molar-refractivity contribution in [1.82, 2.24) is 4.90 Å². The van der Waals surface area contributed by atoms with Crippen LogP contribution in [0.15, 0.2) is 30.3 Å². The Morgan fingerprint density at radius 3 is 2.45 bits per heavy atom. The van der Waals surface area contributed by atoms with E-state index < -0.39 is 8.32 Å². The molecule has 0 bridgehead atoms. The summed E-state index contributed by atoms with van der Waals surface area (Å²) in [6, 6.07) is 11.9. The molecule has 0 spiro atoms. The molecule has 1 heterocycles. The van der Waals surface area contributed by atoms with E-state index in [1.807, 2.05) is 0 Å². The number of nitrogens with zero attached hydrogens (tertiary/aromatic N) is 1. The van der Waals surface area contributed by atoms with Crippen LogP contribution in [0.1, 0.15) is 52.1 Å². The smallest absolute Gasteiger partial charge is 0.192 e. The molecule has 2 nitrogen and oxygen atoms in total. The highest BCUT2D eigenvalue weighted by Gasteiger charge is 2.39. The molecule has 22 heavy (non-hydrogen) atoms. The number of hydrogen-bond acceptors (Lipinski definition) is 2. The lowest BCUT2D eigenvalue weighted by Gasteiger charge is -2.39. The molecule has 2 rings (SSSR count). The van der Waals surface area contributed by atoms with Crippen LogP contribution in [0.3, 0.4) is 0 Å². The highest BCUT2D eigenvalue weighted by molar-refractivity contribution is 6.74. The van der Waals surface area contributed by atoms with Crippen LogP contribution in [0.25, 0.3) is 0 Å². The van der Waals surface area contributed by atoms with Crippen molar-refractivity contribution in [3.05, 3.63) is 35.9 Å². The van der Waals surface area contributed by atoms with Gasteiger partial charge in [0.1, 0.15) is 0 Å². The first-order valence-corrected chi connectivity index (χ1v) is 11.6. The Morgan fingerprint density at radius 1 is 1.23 bits per heavy atom. The van der Waals surface area contributed by atoms with Gasteiger partial charge in [-0.1, -0.05) is 51.1 Å². The third-order valence-electron chi connectivity index (χ3n) is 5.64. The molecule has 0 aromatic heterocycles. The molecule has 0 N–H and O–H groups in total. The minimum absolute atomic E-state index is 0.293. The number of benzene rings is 1. The molecule has 1 aliphatic heterocycles. The van der Waals surface area contributed by atoms with Crippen LogP contribution in [0.2, 0.25) is 18.1 Å². The Bertz CT molecular complexity index is 466. The van der Waals surface area contributed by atoms with E-state index in [0.29, 0.717) is 17.1 Å². The van der Waals surface area contributed by atoms with Crippen LogP contribution in [0.4, 0.5) is 0 Å². The molecule has 0 radical (unpaired) electrons. The molecule has 1 saturated heterocycles. The molecule has 1 fully saturated rings. The van der Waals surface area contributed by atoms with Crippen LogP contribution in [0.5, 0.6) is 0 Å². The molecule has 3 heteroatoms. The standard InChI is InChI=1S/C19H33NOSi/c1-16(17-11-8-7-9-12-17)20-14-10-13-18(20)15-21-22(5,6)19(2,3)4/h7-9,11-12,16,18H,10,13-15H2,1-6H3/t16-,18?/m0/s1. The Morgan fingerprint density at radius 2 is 1.86 bits per heavy atom. The Kier molecular flexibility index (Phi) is 5.52. The van der Waals surface area contributed by atoms with Crippen LogP contribution in [-0.2, 0) is 4.43 Å². The summed E-state index contributed by atoms with van der Waals surface area (Å²) < 4.78 is 6.49. The summed E-state index contributed by atoms with van der Waals surface area (Å²) in [6.45, 7) is 16.1. The molecule has 1 aromatic carbocycles. The average Bonchev–Trinajstić information content (AvgIpc) is 2.92. The van der Waals surface area contributed by atoms with Crippen LogP contribution < -0.4 is 0 Å². The zero-order valence-corrected chi connectivity index (χ0v) is 16.2. The van der Waals surface area contributed by atoms with Crippen molar-refractivity contribution in [2.45, 2.75) is 70.8 Å². The van der Waals surface area contributed by atoms with Crippen molar-refractivity contribution in [1.29, 1.82) is 0 Å². The van der Waals surface area contributed by atoms with Crippen LogP contribution >= 0.6 is 0 Å². The first-order valence-electron chi connectivity index (χ1n) is 8.67. The monoisotopic (exact) mass is 319 g/mol. The van der Waals surface area contributed by atoms with E-state index in [1.165, 1.54) is 24.9 Å². The van der Waals surface area contributed by atoms with E-state index in [0.717, 1.165) is 6.61 Å². The largest absolute Gasteiger partial charge is 0.415 e.